The van der Waals surface area contributed by atoms with Gasteiger partial charge in [-0.1, -0.05) is 17.4 Å². The van der Waals surface area contributed by atoms with E-state index in [0.717, 1.165) is 14.7 Å². The third-order valence-corrected chi connectivity index (χ3v) is 6.02. The molecule has 0 spiro atoms. The van der Waals surface area contributed by atoms with E-state index in [9.17, 15) is 4.79 Å². The number of pyridine rings is 2. The zero-order chi connectivity index (χ0) is 16.4. The molecule has 0 radical (unpaired) electrons. The summed E-state index contributed by atoms with van der Waals surface area (Å²) in [6, 6.07) is 11.1. The highest BCUT2D eigenvalue weighted by atomic mass is 32.2. The zero-order valence-electron chi connectivity index (χ0n) is 12.2. The van der Waals surface area contributed by atoms with Crippen LogP contribution >= 0.6 is 34.4 Å². The van der Waals surface area contributed by atoms with Crippen LogP contribution in [0.5, 0.6) is 0 Å². The van der Waals surface area contributed by atoms with Crippen molar-refractivity contribution in [3.05, 3.63) is 59.0 Å². The fourth-order valence-corrected chi connectivity index (χ4v) is 4.59. The van der Waals surface area contributed by atoms with E-state index < -0.39 is 0 Å². The minimum atomic E-state index is -0.134. The number of fused-ring (bicyclic) bond motifs is 1. The van der Waals surface area contributed by atoms with Crippen LogP contribution in [0, 0.1) is 0 Å². The number of nitrogens with zero attached hydrogens (tertiary/aromatic N) is 3. The lowest BCUT2D eigenvalue weighted by Crippen LogP contribution is -2.11. The second-order valence-electron chi connectivity index (χ2n) is 4.70. The SMILES string of the molecule is O=C(Nc1cccnc1Sc1nc2cccnc2s1)c1cccs1. The van der Waals surface area contributed by atoms with Gasteiger partial charge in [0.1, 0.15) is 15.4 Å². The van der Waals surface area contributed by atoms with Crippen molar-refractivity contribution in [3.8, 4) is 0 Å². The average Bonchev–Trinajstić information content (AvgIpc) is 3.25. The molecule has 4 aromatic heterocycles. The Hall–Kier alpha value is -2.29. The van der Waals surface area contributed by atoms with E-state index in [0.29, 0.717) is 15.6 Å². The van der Waals surface area contributed by atoms with Gasteiger partial charge >= 0.3 is 0 Å². The molecule has 0 unspecified atom stereocenters. The van der Waals surface area contributed by atoms with Crippen LogP contribution in [0.1, 0.15) is 9.67 Å². The van der Waals surface area contributed by atoms with Crippen molar-refractivity contribution in [2.24, 2.45) is 0 Å². The van der Waals surface area contributed by atoms with Gasteiger partial charge in [-0.2, -0.15) is 0 Å². The summed E-state index contributed by atoms with van der Waals surface area (Å²) in [5, 5.41) is 5.50. The maximum atomic E-state index is 12.3. The number of carbonyl (C=O) groups excluding carboxylic acids is 1. The highest BCUT2D eigenvalue weighted by molar-refractivity contribution is 8.01. The van der Waals surface area contributed by atoms with Crippen molar-refractivity contribution in [1.82, 2.24) is 15.0 Å². The molecule has 1 amide bonds. The van der Waals surface area contributed by atoms with Crippen LogP contribution in [-0.4, -0.2) is 20.9 Å². The molecule has 1 N–H and O–H groups in total. The van der Waals surface area contributed by atoms with E-state index >= 15 is 0 Å². The number of hydrogen-bond acceptors (Lipinski definition) is 7. The fourth-order valence-electron chi connectivity index (χ4n) is 2.04. The lowest BCUT2D eigenvalue weighted by molar-refractivity contribution is 0.103. The van der Waals surface area contributed by atoms with Gasteiger partial charge in [-0.25, -0.2) is 15.0 Å². The Balaban J connectivity index is 1.60. The molecule has 4 rings (SSSR count). The van der Waals surface area contributed by atoms with Gasteiger partial charge in [-0.05, 0) is 47.5 Å². The van der Waals surface area contributed by atoms with Gasteiger partial charge < -0.3 is 5.32 Å². The number of rotatable bonds is 4. The molecule has 24 heavy (non-hydrogen) atoms. The molecule has 0 aliphatic heterocycles. The van der Waals surface area contributed by atoms with Crippen molar-refractivity contribution >= 4 is 56.4 Å². The third-order valence-electron chi connectivity index (χ3n) is 3.10. The molecule has 4 aromatic rings. The largest absolute Gasteiger partial charge is 0.319 e. The third kappa shape index (κ3) is 3.16. The van der Waals surface area contributed by atoms with E-state index in [2.05, 4.69) is 20.3 Å². The summed E-state index contributed by atoms with van der Waals surface area (Å²) in [5.41, 5.74) is 1.54. The van der Waals surface area contributed by atoms with E-state index in [1.165, 1.54) is 34.4 Å². The van der Waals surface area contributed by atoms with Crippen LogP contribution in [0.2, 0.25) is 0 Å². The first kappa shape index (κ1) is 15.3. The molecule has 0 aliphatic carbocycles. The number of thiazole rings is 1. The number of amides is 1. The Kier molecular flexibility index (Phi) is 4.24. The lowest BCUT2D eigenvalue weighted by atomic mass is 10.4. The number of aromatic nitrogens is 3. The molecule has 8 heteroatoms. The zero-order valence-corrected chi connectivity index (χ0v) is 14.6. The Labute approximate surface area is 149 Å². The molecule has 0 aliphatic rings. The van der Waals surface area contributed by atoms with Crippen LogP contribution in [0.25, 0.3) is 10.3 Å². The highest BCUT2D eigenvalue weighted by Crippen LogP contribution is 2.35. The quantitative estimate of drug-likeness (QED) is 0.571. The maximum absolute atomic E-state index is 12.3. The van der Waals surface area contributed by atoms with Crippen molar-refractivity contribution < 1.29 is 4.79 Å². The van der Waals surface area contributed by atoms with Gasteiger partial charge in [0.05, 0.1) is 10.6 Å². The van der Waals surface area contributed by atoms with E-state index in [-0.39, 0.29) is 5.91 Å². The number of hydrogen-bond donors (Lipinski definition) is 1. The first-order valence-electron chi connectivity index (χ1n) is 6.99. The van der Waals surface area contributed by atoms with E-state index in [1.807, 2.05) is 29.6 Å². The minimum Gasteiger partial charge on any atom is -0.319 e. The number of anilines is 1. The second-order valence-corrected chi connectivity index (χ2v) is 7.86. The first-order valence-corrected chi connectivity index (χ1v) is 9.50. The number of nitrogens with one attached hydrogen (secondary N) is 1. The van der Waals surface area contributed by atoms with Crippen molar-refractivity contribution in [1.29, 1.82) is 0 Å². The summed E-state index contributed by atoms with van der Waals surface area (Å²) < 4.78 is 0.842. The normalized spacial score (nSPS) is 10.8. The van der Waals surface area contributed by atoms with Gasteiger partial charge in [0.2, 0.25) is 0 Å². The monoisotopic (exact) mass is 370 g/mol. The summed E-state index contributed by atoms with van der Waals surface area (Å²) in [7, 11) is 0. The summed E-state index contributed by atoms with van der Waals surface area (Å²) in [6.45, 7) is 0. The van der Waals surface area contributed by atoms with Crippen molar-refractivity contribution in [3.63, 3.8) is 0 Å². The molecule has 0 saturated heterocycles. The van der Waals surface area contributed by atoms with Crippen LogP contribution in [0.3, 0.4) is 0 Å². The molecule has 0 aromatic carbocycles. The molecule has 0 bridgehead atoms. The Morgan fingerprint density at radius 2 is 1.96 bits per heavy atom. The molecule has 118 valence electrons. The summed E-state index contributed by atoms with van der Waals surface area (Å²) >= 11 is 4.34. The van der Waals surface area contributed by atoms with Crippen LogP contribution in [-0.2, 0) is 0 Å². The second kappa shape index (κ2) is 6.68. The lowest BCUT2D eigenvalue weighted by Gasteiger charge is -2.07. The molecular weight excluding hydrogens is 360 g/mol. The number of thiophene rings is 1. The van der Waals surface area contributed by atoms with Crippen LogP contribution < -0.4 is 5.32 Å². The molecule has 5 nitrogen and oxygen atoms in total. The Morgan fingerprint density at radius 1 is 1.08 bits per heavy atom. The predicted octanol–water partition coefficient (Wildman–Crippen LogP) is 4.55. The predicted molar refractivity (Wildman–Crippen MR) is 98.0 cm³/mol. The summed E-state index contributed by atoms with van der Waals surface area (Å²) in [4.78, 5) is 27.0. The van der Waals surface area contributed by atoms with Crippen LogP contribution in [0.15, 0.2) is 63.5 Å². The average molecular weight is 370 g/mol. The van der Waals surface area contributed by atoms with Crippen molar-refractivity contribution in [2.75, 3.05) is 5.32 Å². The first-order chi connectivity index (χ1) is 11.8. The van der Waals surface area contributed by atoms with Gasteiger partial charge in [0.25, 0.3) is 5.91 Å². The van der Waals surface area contributed by atoms with E-state index in [1.54, 1.807) is 24.5 Å². The molecule has 0 atom stereocenters. The minimum absolute atomic E-state index is 0.134. The fraction of sp³-hybridized carbons (Fsp3) is 0. The number of carbonyl (C=O) groups is 1. The Morgan fingerprint density at radius 3 is 2.79 bits per heavy atom. The van der Waals surface area contributed by atoms with E-state index in [4.69, 9.17) is 0 Å². The van der Waals surface area contributed by atoms with Crippen LogP contribution in [0.4, 0.5) is 5.69 Å². The molecule has 0 fully saturated rings. The maximum Gasteiger partial charge on any atom is 0.265 e. The smallest absolute Gasteiger partial charge is 0.265 e. The van der Waals surface area contributed by atoms with Gasteiger partial charge in [-0.3, -0.25) is 4.79 Å². The molecular formula is C16H10N4OS3. The Bertz CT molecular complexity index is 964. The van der Waals surface area contributed by atoms with Crippen molar-refractivity contribution in [2.45, 2.75) is 9.37 Å². The molecule has 0 saturated carbocycles. The van der Waals surface area contributed by atoms with Gasteiger partial charge in [0, 0.05) is 12.4 Å². The van der Waals surface area contributed by atoms with Gasteiger partial charge in [0.15, 0.2) is 4.34 Å². The van der Waals surface area contributed by atoms with Gasteiger partial charge in [-0.15, -0.1) is 11.3 Å². The summed E-state index contributed by atoms with van der Waals surface area (Å²) in [5.74, 6) is -0.134. The highest BCUT2D eigenvalue weighted by Gasteiger charge is 2.13. The summed E-state index contributed by atoms with van der Waals surface area (Å²) in [6.07, 6.45) is 3.46. The molecule has 4 heterocycles. The topological polar surface area (TPSA) is 67.8 Å². The standard InChI is InChI=1S/C16H10N4OS3/c21-13(12-6-3-9-22-12)19-10-4-1-7-17-14(10)23-16-20-11-5-2-8-18-15(11)24-16/h1-9H,(H,19,21).